The topological polar surface area (TPSA) is 81.7 Å². The summed E-state index contributed by atoms with van der Waals surface area (Å²) in [5, 5.41) is 0. The molecule has 0 atom stereocenters. The van der Waals surface area contributed by atoms with Gasteiger partial charge in [0.25, 0.3) is 0 Å². The minimum Gasteiger partial charge on any atom is -0.395 e. The number of carbonyl (C=O) groups excluding carboxylic acids is 1. The summed E-state index contributed by atoms with van der Waals surface area (Å²) in [4.78, 5) is 13.3. The molecule has 1 aliphatic carbocycles. The first-order valence-electron chi connectivity index (χ1n) is 11.1. The van der Waals surface area contributed by atoms with Crippen LogP contribution in [0.1, 0.15) is 29.5 Å². The van der Waals surface area contributed by atoms with Crippen molar-refractivity contribution < 1.29 is 31.5 Å². The summed E-state index contributed by atoms with van der Waals surface area (Å²) < 4.78 is 60.8. The van der Waals surface area contributed by atoms with Crippen LogP contribution in [0.15, 0.2) is 66.7 Å². The number of hydrogen-bond acceptors (Lipinski definition) is 5. The van der Waals surface area contributed by atoms with Gasteiger partial charge in [0.15, 0.2) is 11.5 Å². The van der Waals surface area contributed by atoms with Crippen molar-refractivity contribution in [1.29, 1.82) is 0 Å². The van der Waals surface area contributed by atoms with Crippen molar-refractivity contribution in [1.82, 2.24) is 4.72 Å². The van der Waals surface area contributed by atoms with Gasteiger partial charge in [-0.25, -0.2) is 13.1 Å². The second-order valence-corrected chi connectivity index (χ2v) is 10.8. The van der Waals surface area contributed by atoms with E-state index in [1.165, 1.54) is 12.1 Å². The van der Waals surface area contributed by atoms with Crippen molar-refractivity contribution in [3.63, 3.8) is 0 Å². The predicted octanol–water partition coefficient (Wildman–Crippen LogP) is 4.57. The van der Waals surface area contributed by atoms with Crippen LogP contribution in [0, 0.1) is 0 Å². The number of benzene rings is 3. The summed E-state index contributed by atoms with van der Waals surface area (Å²) in [6.45, 7) is 0.216. The third-order valence-electron chi connectivity index (χ3n) is 6.36. The molecule has 0 amide bonds. The maximum Gasteiger partial charge on any atom is 0.586 e. The third kappa shape index (κ3) is 5.06. The monoisotopic (exact) mass is 499 g/mol. The number of Topliss-reactive ketones (excluding diaryl/α,β-unsaturated/α-hetero) is 1. The van der Waals surface area contributed by atoms with Crippen LogP contribution in [-0.4, -0.2) is 26.8 Å². The van der Waals surface area contributed by atoms with Crippen molar-refractivity contribution in [2.24, 2.45) is 0 Å². The molecule has 9 heteroatoms. The molecule has 1 heterocycles. The Kier molecular flexibility index (Phi) is 5.64. The fourth-order valence-electron chi connectivity index (χ4n) is 4.35. The lowest BCUT2D eigenvalue weighted by Gasteiger charge is -2.15. The molecule has 0 aromatic heterocycles. The zero-order chi connectivity index (χ0) is 24.8. The molecular formula is C26H23F2NO5S. The summed E-state index contributed by atoms with van der Waals surface area (Å²) in [7, 11) is -3.27. The van der Waals surface area contributed by atoms with Crippen LogP contribution in [0.4, 0.5) is 8.78 Å². The van der Waals surface area contributed by atoms with Crippen LogP contribution < -0.4 is 14.2 Å². The number of nitrogens with one attached hydrogen (secondary N) is 1. The molecule has 1 saturated carbocycles. The van der Waals surface area contributed by atoms with Crippen molar-refractivity contribution in [3.8, 4) is 22.6 Å². The Morgan fingerprint density at radius 1 is 0.914 bits per heavy atom. The third-order valence-corrected chi connectivity index (χ3v) is 7.02. The Morgan fingerprint density at radius 2 is 1.63 bits per heavy atom. The number of rotatable bonds is 8. The van der Waals surface area contributed by atoms with Gasteiger partial charge in [-0.2, -0.15) is 0 Å². The van der Waals surface area contributed by atoms with Gasteiger partial charge in [0.05, 0.1) is 11.7 Å². The molecule has 3 aromatic carbocycles. The molecular weight excluding hydrogens is 476 g/mol. The number of ketones is 1. The van der Waals surface area contributed by atoms with E-state index in [0.717, 1.165) is 28.5 Å². The van der Waals surface area contributed by atoms with E-state index in [4.69, 9.17) is 0 Å². The minimum atomic E-state index is -3.69. The number of fused-ring (bicyclic) bond motifs is 1. The van der Waals surface area contributed by atoms with Gasteiger partial charge in [-0.3, -0.25) is 4.79 Å². The van der Waals surface area contributed by atoms with Crippen LogP contribution in [0.25, 0.3) is 11.1 Å². The molecule has 5 rings (SSSR count). The first-order chi connectivity index (χ1) is 16.5. The number of hydrogen-bond donors (Lipinski definition) is 1. The lowest BCUT2D eigenvalue weighted by Crippen LogP contribution is -2.26. The number of sulfonamides is 1. The number of halogens is 2. The summed E-state index contributed by atoms with van der Waals surface area (Å²) >= 11 is 0. The Labute approximate surface area is 201 Å². The number of ether oxygens (including phenoxy) is 2. The first kappa shape index (κ1) is 23.4. The van der Waals surface area contributed by atoms with Gasteiger partial charge in [0.2, 0.25) is 10.0 Å². The average molecular weight is 500 g/mol. The van der Waals surface area contributed by atoms with Crippen LogP contribution >= 0.6 is 0 Å². The number of alkyl halides is 2. The Bertz CT molecular complexity index is 1400. The highest BCUT2D eigenvalue weighted by molar-refractivity contribution is 7.88. The molecule has 182 valence electrons. The van der Waals surface area contributed by atoms with Gasteiger partial charge in [-0.05, 0) is 52.8 Å². The summed E-state index contributed by atoms with van der Waals surface area (Å²) in [6.07, 6.45) is -1.04. The molecule has 0 spiro atoms. The Morgan fingerprint density at radius 3 is 2.31 bits per heavy atom. The van der Waals surface area contributed by atoms with Crippen molar-refractivity contribution >= 4 is 15.8 Å². The molecule has 1 aliphatic heterocycles. The van der Waals surface area contributed by atoms with Gasteiger partial charge in [0.1, 0.15) is 5.78 Å². The molecule has 6 nitrogen and oxygen atoms in total. The zero-order valence-electron chi connectivity index (χ0n) is 18.9. The smallest absolute Gasteiger partial charge is 0.395 e. The summed E-state index contributed by atoms with van der Waals surface area (Å²) in [5.74, 6) is -0.0564. The maximum absolute atomic E-state index is 13.4. The van der Waals surface area contributed by atoms with Gasteiger partial charge >= 0.3 is 6.29 Å². The van der Waals surface area contributed by atoms with E-state index in [2.05, 4.69) is 14.2 Å². The summed E-state index contributed by atoms with van der Waals surface area (Å²) in [5.41, 5.74) is 3.54. The molecule has 0 radical (unpaired) electrons. The fourth-order valence-corrected chi connectivity index (χ4v) is 4.77. The van der Waals surface area contributed by atoms with E-state index in [9.17, 15) is 22.0 Å². The Balaban J connectivity index is 1.30. The quantitative estimate of drug-likeness (QED) is 0.491. The highest BCUT2D eigenvalue weighted by atomic mass is 32.2. The van der Waals surface area contributed by atoms with E-state index in [-0.39, 0.29) is 30.2 Å². The van der Waals surface area contributed by atoms with E-state index in [0.29, 0.717) is 18.4 Å². The largest absolute Gasteiger partial charge is 0.586 e. The van der Waals surface area contributed by atoms with Crippen LogP contribution in [0.5, 0.6) is 11.5 Å². The van der Waals surface area contributed by atoms with E-state index in [1.54, 1.807) is 6.07 Å². The molecule has 1 fully saturated rings. The summed E-state index contributed by atoms with van der Waals surface area (Å²) in [6, 6.07) is 19.8. The SMILES string of the molecule is CS(=O)(=O)NCc1ccc(-c2cccc(CC(=O)C3(c4ccc5c(c4)OC(F)(F)O5)CC3)c2)cc1. The molecule has 3 aromatic rings. The molecule has 0 saturated heterocycles. The molecule has 2 aliphatic rings. The van der Waals surface area contributed by atoms with Crippen LogP contribution in [0.2, 0.25) is 0 Å². The lowest BCUT2D eigenvalue weighted by atomic mass is 9.87. The van der Waals surface area contributed by atoms with E-state index < -0.39 is 21.7 Å². The van der Waals surface area contributed by atoms with Gasteiger partial charge < -0.3 is 9.47 Å². The second-order valence-electron chi connectivity index (χ2n) is 9.00. The average Bonchev–Trinajstić information content (AvgIpc) is 3.55. The first-order valence-corrected chi connectivity index (χ1v) is 13.0. The molecule has 1 N–H and O–H groups in total. The highest BCUT2D eigenvalue weighted by Crippen LogP contribution is 2.52. The van der Waals surface area contributed by atoms with E-state index in [1.807, 2.05) is 48.5 Å². The van der Waals surface area contributed by atoms with Crippen LogP contribution in [0.3, 0.4) is 0 Å². The normalized spacial score (nSPS) is 17.2. The van der Waals surface area contributed by atoms with Gasteiger partial charge in [0, 0.05) is 13.0 Å². The predicted molar refractivity (Wildman–Crippen MR) is 126 cm³/mol. The maximum atomic E-state index is 13.4. The van der Waals surface area contributed by atoms with Crippen molar-refractivity contribution in [3.05, 3.63) is 83.4 Å². The van der Waals surface area contributed by atoms with E-state index >= 15 is 0 Å². The van der Waals surface area contributed by atoms with Crippen LogP contribution in [-0.2, 0) is 33.2 Å². The second kappa shape index (κ2) is 8.42. The van der Waals surface area contributed by atoms with Crippen molar-refractivity contribution in [2.75, 3.05) is 6.26 Å². The minimum absolute atomic E-state index is 0.0301. The Hall–Kier alpha value is -3.30. The lowest BCUT2D eigenvalue weighted by molar-refractivity contribution is -0.286. The van der Waals surface area contributed by atoms with Gasteiger partial charge in [-0.15, -0.1) is 8.78 Å². The highest BCUT2D eigenvalue weighted by Gasteiger charge is 2.52. The van der Waals surface area contributed by atoms with Crippen molar-refractivity contribution in [2.45, 2.75) is 37.5 Å². The standard InChI is InChI=1S/C26H23F2NO5S/c1-35(31,32)29-16-17-5-7-19(8-6-17)20-4-2-3-18(13-20)14-24(30)25(11-12-25)21-9-10-22-23(15-21)34-26(27,28)33-22/h2-10,13,15,29H,11-12,14,16H2,1H3. The van der Waals surface area contributed by atoms with Gasteiger partial charge in [-0.1, -0.05) is 54.6 Å². The number of carbonyl (C=O) groups is 1. The fraction of sp³-hybridized carbons (Fsp3) is 0.269. The molecule has 35 heavy (non-hydrogen) atoms. The molecule has 0 unspecified atom stereocenters. The molecule has 0 bridgehead atoms. The zero-order valence-corrected chi connectivity index (χ0v) is 19.7.